The Morgan fingerprint density at radius 1 is 1.38 bits per heavy atom. The van der Waals surface area contributed by atoms with Crippen LogP contribution in [0.15, 0.2) is 10.3 Å². The summed E-state index contributed by atoms with van der Waals surface area (Å²) in [7, 11) is -3.45. The van der Waals surface area contributed by atoms with Crippen molar-refractivity contribution in [3.05, 3.63) is 15.8 Å². The molecule has 0 aromatic carbocycles. The normalized spacial score (nSPS) is 17.2. The van der Waals surface area contributed by atoms with E-state index in [0.717, 1.165) is 36.1 Å². The summed E-state index contributed by atoms with van der Waals surface area (Å²) in [6.07, 6.45) is 4.21. The van der Waals surface area contributed by atoms with E-state index in [4.69, 9.17) is 5.73 Å². The van der Waals surface area contributed by atoms with Crippen LogP contribution in [-0.4, -0.2) is 25.3 Å². The Labute approximate surface area is 132 Å². The Kier molecular flexibility index (Phi) is 5.46. The highest BCUT2D eigenvalue weighted by atomic mass is 32.2. The Balaban J connectivity index is 2.43. The van der Waals surface area contributed by atoms with Gasteiger partial charge in [0.05, 0.1) is 0 Å². The van der Waals surface area contributed by atoms with Crippen molar-refractivity contribution in [1.29, 1.82) is 0 Å². The maximum atomic E-state index is 13.2. The third-order valence-corrected chi connectivity index (χ3v) is 7.42. The van der Waals surface area contributed by atoms with Gasteiger partial charge in [0.2, 0.25) is 10.0 Å². The molecule has 1 aliphatic carbocycles. The molecule has 1 aromatic heterocycles. The van der Waals surface area contributed by atoms with E-state index in [1.165, 1.54) is 11.3 Å². The van der Waals surface area contributed by atoms with Gasteiger partial charge in [-0.25, -0.2) is 8.42 Å². The van der Waals surface area contributed by atoms with Crippen molar-refractivity contribution in [3.8, 4) is 0 Å². The lowest BCUT2D eigenvalue weighted by molar-refractivity contribution is 0.292. The summed E-state index contributed by atoms with van der Waals surface area (Å²) < 4.78 is 28.1. The maximum absolute atomic E-state index is 13.2. The van der Waals surface area contributed by atoms with Gasteiger partial charge in [-0.2, -0.15) is 4.31 Å². The SMILES string of the molecule is Cc1csc(CN)c1S(=O)(=O)N(CC(C)C)C1CCCC1. The molecule has 0 unspecified atom stereocenters. The predicted octanol–water partition coefficient (Wildman–Crippen LogP) is 3.10. The Morgan fingerprint density at radius 2 is 2.00 bits per heavy atom. The van der Waals surface area contributed by atoms with E-state index in [2.05, 4.69) is 13.8 Å². The topological polar surface area (TPSA) is 63.4 Å². The fourth-order valence-electron chi connectivity index (χ4n) is 3.09. The van der Waals surface area contributed by atoms with E-state index in [1.54, 1.807) is 4.31 Å². The smallest absolute Gasteiger partial charge is 0.244 e. The van der Waals surface area contributed by atoms with Gasteiger partial charge < -0.3 is 5.73 Å². The highest BCUT2D eigenvalue weighted by Crippen LogP contribution is 2.34. The standard InChI is InChI=1S/C15H26N2O2S2/c1-11(2)9-17(13-6-4-5-7-13)21(18,19)15-12(3)10-20-14(15)8-16/h10-11,13H,4-9,16H2,1-3H3. The Hall–Kier alpha value is -0.430. The molecule has 0 saturated heterocycles. The van der Waals surface area contributed by atoms with Crippen molar-refractivity contribution in [2.75, 3.05) is 6.54 Å². The Morgan fingerprint density at radius 3 is 2.52 bits per heavy atom. The molecule has 0 amide bonds. The van der Waals surface area contributed by atoms with E-state index in [9.17, 15) is 8.42 Å². The minimum Gasteiger partial charge on any atom is -0.326 e. The third-order valence-electron chi connectivity index (χ3n) is 4.02. The van der Waals surface area contributed by atoms with Crippen LogP contribution in [-0.2, 0) is 16.6 Å². The average Bonchev–Trinajstić information content (AvgIpc) is 3.04. The lowest BCUT2D eigenvalue weighted by atomic mass is 10.2. The summed E-state index contributed by atoms with van der Waals surface area (Å²) in [5.74, 6) is 0.320. The third kappa shape index (κ3) is 3.50. The average molecular weight is 331 g/mol. The number of thiophene rings is 1. The van der Waals surface area contributed by atoms with Gasteiger partial charge in [-0.05, 0) is 36.6 Å². The Bertz CT molecular complexity index is 572. The fourth-order valence-corrected chi connectivity index (χ4v) is 6.59. The molecule has 1 aromatic rings. The molecule has 6 heteroatoms. The summed E-state index contributed by atoms with van der Waals surface area (Å²) >= 11 is 1.45. The van der Waals surface area contributed by atoms with Gasteiger partial charge in [0.25, 0.3) is 0 Å². The minimum atomic E-state index is -3.45. The first-order chi connectivity index (χ1) is 9.87. The fraction of sp³-hybridized carbons (Fsp3) is 0.733. The minimum absolute atomic E-state index is 0.155. The number of nitrogens with two attached hydrogens (primary N) is 1. The van der Waals surface area contributed by atoms with Crippen LogP contribution in [0.4, 0.5) is 0 Å². The molecule has 1 heterocycles. The van der Waals surface area contributed by atoms with Crippen LogP contribution in [0.5, 0.6) is 0 Å². The molecular formula is C15H26N2O2S2. The van der Waals surface area contributed by atoms with Gasteiger partial charge >= 0.3 is 0 Å². The number of hydrogen-bond donors (Lipinski definition) is 1. The van der Waals surface area contributed by atoms with Crippen molar-refractivity contribution in [2.24, 2.45) is 11.7 Å². The maximum Gasteiger partial charge on any atom is 0.244 e. The molecule has 0 aliphatic heterocycles. The lowest BCUT2D eigenvalue weighted by Gasteiger charge is -2.30. The molecule has 0 atom stereocenters. The molecule has 1 saturated carbocycles. The van der Waals surface area contributed by atoms with Gasteiger partial charge in [0.1, 0.15) is 4.90 Å². The van der Waals surface area contributed by atoms with Crippen molar-refractivity contribution in [1.82, 2.24) is 4.31 Å². The van der Waals surface area contributed by atoms with E-state index in [-0.39, 0.29) is 12.6 Å². The molecule has 1 fully saturated rings. The van der Waals surface area contributed by atoms with Crippen LogP contribution in [0.1, 0.15) is 50.0 Å². The van der Waals surface area contributed by atoms with Crippen LogP contribution in [0.2, 0.25) is 0 Å². The van der Waals surface area contributed by atoms with Gasteiger partial charge in [0.15, 0.2) is 0 Å². The molecule has 2 rings (SSSR count). The molecule has 1 aliphatic rings. The highest BCUT2D eigenvalue weighted by Gasteiger charge is 2.36. The zero-order valence-electron chi connectivity index (χ0n) is 13.1. The van der Waals surface area contributed by atoms with Gasteiger partial charge in [-0.1, -0.05) is 26.7 Å². The number of nitrogens with zero attached hydrogens (tertiary/aromatic N) is 1. The lowest BCUT2D eigenvalue weighted by Crippen LogP contribution is -2.41. The van der Waals surface area contributed by atoms with Crippen molar-refractivity contribution < 1.29 is 8.42 Å². The largest absolute Gasteiger partial charge is 0.326 e. The van der Waals surface area contributed by atoms with Crippen molar-refractivity contribution in [3.63, 3.8) is 0 Å². The summed E-state index contributed by atoms with van der Waals surface area (Å²) in [5.41, 5.74) is 6.57. The van der Waals surface area contributed by atoms with Crippen molar-refractivity contribution in [2.45, 2.75) is 63.9 Å². The number of hydrogen-bond acceptors (Lipinski definition) is 4. The second-order valence-electron chi connectivity index (χ2n) is 6.28. The summed E-state index contributed by atoms with van der Waals surface area (Å²) in [4.78, 5) is 1.24. The summed E-state index contributed by atoms with van der Waals surface area (Å²) in [6.45, 7) is 6.88. The first kappa shape index (κ1) is 16.9. The predicted molar refractivity (Wildman–Crippen MR) is 87.9 cm³/mol. The van der Waals surface area contributed by atoms with E-state index in [1.807, 2.05) is 12.3 Å². The first-order valence-electron chi connectivity index (χ1n) is 7.66. The van der Waals surface area contributed by atoms with Crippen LogP contribution < -0.4 is 5.73 Å². The second kappa shape index (κ2) is 6.77. The first-order valence-corrected chi connectivity index (χ1v) is 9.98. The highest BCUT2D eigenvalue weighted by molar-refractivity contribution is 7.89. The number of sulfonamides is 1. The van der Waals surface area contributed by atoms with Crippen LogP contribution in [0, 0.1) is 12.8 Å². The zero-order valence-corrected chi connectivity index (χ0v) is 14.8. The summed E-state index contributed by atoms with van der Waals surface area (Å²) in [6, 6.07) is 0.155. The second-order valence-corrected chi connectivity index (χ2v) is 9.07. The molecule has 2 N–H and O–H groups in total. The van der Waals surface area contributed by atoms with Gasteiger partial charge in [-0.15, -0.1) is 11.3 Å². The molecule has 0 spiro atoms. The van der Waals surface area contributed by atoms with Crippen LogP contribution in [0.25, 0.3) is 0 Å². The van der Waals surface area contributed by atoms with Crippen LogP contribution in [0.3, 0.4) is 0 Å². The molecule has 4 nitrogen and oxygen atoms in total. The zero-order chi connectivity index (χ0) is 15.6. The quantitative estimate of drug-likeness (QED) is 0.871. The molecule has 0 radical (unpaired) electrons. The molecule has 120 valence electrons. The van der Waals surface area contributed by atoms with Gasteiger partial charge in [-0.3, -0.25) is 0 Å². The number of aryl methyl sites for hydroxylation is 1. The van der Waals surface area contributed by atoms with E-state index >= 15 is 0 Å². The molecule has 0 bridgehead atoms. The molecule has 21 heavy (non-hydrogen) atoms. The van der Waals surface area contributed by atoms with Gasteiger partial charge in [0, 0.05) is 24.0 Å². The number of rotatable bonds is 6. The monoisotopic (exact) mass is 330 g/mol. The van der Waals surface area contributed by atoms with Crippen LogP contribution >= 0.6 is 11.3 Å². The van der Waals surface area contributed by atoms with E-state index < -0.39 is 10.0 Å². The summed E-state index contributed by atoms with van der Waals surface area (Å²) in [5, 5.41) is 1.90. The van der Waals surface area contributed by atoms with Crippen molar-refractivity contribution >= 4 is 21.4 Å². The van der Waals surface area contributed by atoms with E-state index in [0.29, 0.717) is 17.4 Å². The molecular weight excluding hydrogens is 304 g/mol.